The Balaban J connectivity index is 1.65. The molecule has 0 radical (unpaired) electrons. The molecule has 128 valence electrons. The van der Waals surface area contributed by atoms with Crippen LogP contribution < -0.4 is 10.1 Å². The molecule has 1 atom stereocenters. The number of hydrogen-bond acceptors (Lipinski definition) is 4. The van der Waals surface area contributed by atoms with Crippen LogP contribution in [0.15, 0.2) is 41.0 Å². The third-order valence-corrected chi connectivity index (χ3v) is 3.70. The molecule has 0 unspecified atom stereocenters. The second-order valence-corrected chi connectivity index (χ2v) is 5.36. The summed E-state index contributed by atoms with van der Waals surface area (Å²) in [5, 5.41) is 2.67. The van der Waals surface area contributed by atoms with Gasteiger partial charge in [-0.2, -0.15) is 4.98 Å². The first-order valence-electron chi connectivity index (χ1n) is 7.62. The Hall–Kier alpha value is -2.64. The van der Waals surface area contributed by atoms with Crippen molar-refractivity contribution in [2.24, 2.45) is 0 Å². The number of pyridine rings is 1. The van der Waals surface area contributed by atoms with Crippen molar-refractivity contribution >= 4 is 11.8 Å². The fourth-order valence-corrected chi connectivity index (χ4v) is 2.68. The Labute approximate surface area is 137 Å². The summed E-state index contributed by atoms with van der Waals surface area (Å²) in [6.45, 7) is -0.129. The van der Waals surface area contributed by atoms with Gasteiger partial charge in [-0.25, -0.2) is 13.6 Å². The highest BCUT2D eigenvalue weighted by Gasteiger charge is 2.31. The van der Waals surface area contributed by atoms with Crippen LogP contribution >= 0.6 is 0 Å². The number of ether oxygens (including phenoxy) is 1. The number of furan rings is 1. The summed E-state index contributed by atoms with van der Waals surface area (Å²) < 4.78 is 34.6. The number of carbonyl (C=O) groups excluding carboxylic acids is 1. The van der Waals surface area contributed by atoms with Gasteiger partial charge in [0.1, 0.15) is 11.6 Å². The van der Waals surface area contributed by atoms with Gasteiger partial charge in [0.15, 0.2) is 6.61 Å². The lowest BCUT2D eigenvalue weighted by molar-refractivity contribution is 0.0796. The fourth-order valence-electron chi connectivity index (χ4n) is 2.68. The fraction of sp³-hybridized carbons (Fsp3) is 0.375. The summed E-state index contributed by atoms with van der Waals surface area (Å²) in [5.41, 5.74) is 0. The van der Waals surface area contributed by atoms with Gasteiger partial charge >= 0.3 is 6.03 Å². The number of rotatable bonds is 5. The van der Waals surface area contributed by atoms with Gasteiger partial charge in [-0.3, -0.25) is 5.32 Å². The molecular weight excluding hydrogens is 320 g/mol. The van der Waals surface area contributed by atoms with Crippen molar-refractivity contribution in [3.05, 3.63) is 42.4 Å². The lowest BCUT2D eigenvalue weighted by Crippen LogP contribution is -2.34. The van der Waals surface area contributed by atoms with Crippen LogP contribution in [0.5, 0.6) is 5.88 Å². The highest BCUT2D eigenvalue weighted by atomic mass is 19.3. The minimum absolute atomic E-state index is 0.0390. The van der Waals surface area contributed by atoms with Gasteiger partial charge in [0.25, 0.3) is 6.43 Å². The Kier molecular flexibility index (Phi) is 4.93. The Bertz CT molecular complexity index is 679. The largest absolute Gasteiger partial charge is 0.472 e. The normalized spacial score (nSPS) is 17.3. The smallest absolute Gasteiger partial charge is 0.323 e. The van der Waals surface area contributed by atoms with Crippen molar-refractivity contribution in [2.75, 3.05) is 18.5 Å². The van der Waals surface area contributed by atoms with E-state index >= 15 is 0 Å². The van der Waals surface area contributed by atoms with Crippen LogP contribution in [0.25, 0.3) is 0 Å². The molecule has 0 bridgehead atoms. The minimum atomic E-state index is -2.58. The number of hydrogen-bond donors (Lipinski definition) is 1. The first-order valence-corrected chi connectivity index (χ1v) is 7.62. The predicted molar refractivity (Wildman–Crippen MR) is 82.1 cm³/mol. The van der Waals surface area contributed by atoms with E-state index in [1.165, 1.54) is 6.07 Å². The van der Waals surface area contributed by atoms with E-state index < -0.39 is 13.0 Å². The van der Waals surface area contributed by atoms with Crippen LogP contribution in [0, 0.1) is 0 Å². The summed E-state index contributed by atoms with van der Waals surface area (Å²) in [6, 6.07) is 7.82. The van der Waals surface area contributed by atoms with E-state index in [0.717, 1.165) is 18.6 Å². The number of likely N-dealkylation sites (tertiary alicyclic amines) is 1. The molecular formula is C16H17F2N3O3. The number of nitrogens with zero attached hydrogens (tertiary/aromatic N) is 2. The van der Waals surface area contributed by atoms with E-state index in [0.29, 0.717) is 6.54 Å². The van der Waals surface area contributed by atoms with Gasteiger partial charge in [0, 0.05) is 12.6 Å². The zero-order valence-electron chi connectivity index (χ0n) is 12.8. The summed E-state index contributed by atoms with van der Waals surface area (Å²) in [6.07, 6.45) is 0.703. The van der Waals surface area contributed by atoms with Crippen LogP contribution in [0.3, 0.4) is 0 Å². The first-order chi connectivity index (χ1) is 11.6. The highest BCUT2D eigenvalue weighted by molar-refractivity contribution is 5.88. The number of aromatic nitrogens is 1. The van der Waals surface area contributed by atoms with Crippen LogP contribution in [0.1, 0.15) is 24.6 Å². The average Bonchev–Trinajstić information content (AvgIpc) is 3.23. The molecule has 0 saturated carbocycles. The zero-order chi connectivity index (χ0) is 16.9. The zero-order valence-corrected chi connectivity index (χ0v) is 12.8. The Morgan fingerprint density at radius 2 is 2.29 bits per heavy atom. The van der Waals surface area contributed by atoms with Crippen molar-refractivity contribution < 1.29 is 22.7 Å². The predicted octanol–water partition coefficient (Wildman–Crippen LogP) is 3.69. The third-order valence-electron chi connectivity index (χ3n) is 3.70. The van der Waals surface area contributed by atoms with Crippen LogP contribution in [0.2, 0.25) is 0 Å². The van der Waals surface area contributed by atoms with Gasteiger partial charge in [-0.15, -0.1) is 0 Å². The van der Waals surface area contributed by atoms with Crippen molar-refractivity contribution in [2.45, 2.75) is 25.3 Å². The highest BCUT2D eigenvalue weighted by Crippen LogP contribution is 2.32. The van der Waals surface area contributed by atoms with Gasteiger partial charge in [-0.05, 0) is 31.0 Å². The van der Waals surface area contributed by atoms with E-state index in [-0.39, 0.29) is 23.8 Å². The maximum Gasteiger partial charge on any atom is 0.323 e. The molecule has 3 heterocycles. The lowest BCUT2D eigenvalue weighted by Gasteiger charge is -2.23. The van der Waals surface area contributed by atoms with E-state index in [9.17, 15) is 13.6 Å². The molecule has 8 heteroatoms. The summed E-state index contributed by atoms with van der Waals surface area (Å²) in [7, 11) is 0. The molecule has 2 aromatic rings. The number of anilines is 1. The molecule has 24 heavy (non-hydrogen) atoms. The molecule has 6 nitrogen and oxygen atoms in total. The molecule has 3 rings (SSSR count). The number of urea groups is 1. The lowest BCUT2D eigenvalue weighted by atomic mass is 10.2. The molecule has 2 amide bonds. The topological polar surface area (TPSA) is 67.6 Å². The third kappa shape index (κ3) is 3.81. The molecule has 1 fully saturated rings. The second kappa shape index (κ2) is 7.29. The van der Waals surface area contributed by atoms with E-state index in [1.54, 1.807) is 29.4 Å². The van der Waals surface area contributed by atoms with Crippen LogP contribution in [0.4, 0.5) is 19.4 Å². The summed E-state index contributed by atoms with van der Waals surface area (Å²) in [4.78, 5) is 18.2. The average molecular weight is 337 g/mol. The van der Waals surface area contributed by atoms with E-state index in [2.05, 4.69) is 10.3 Å². The number of amides is 2. The standard InChI is InChI=1S/C16H17F2N3O3/c17-13(18)10-24-15-7-1-6-14(19-15)20-16(22)21-8-2-4-11(21)12-5-3-9-23-12/h1,3,5-7,9,11,13H,2,4,8,10H2,(H,19,20,22)/t11-/m0/s1. The number of carbonyl (C=O) groups is 1. The quantitative estimate of drug-likeness (QED) is 0.903. The SMILES string of the molecule is O=C(Nc1cccc(OCC(F)F)n1)N1CCC[C@H]1c1ccco1. The molecule has 1 saturated heterocycles. The second-order valence-electron chi connectivity index (χ2n) is 5.36. The monoisotopic (exact) mass is 337 g/mol. The maximum atomic E-state index is 12.5. The van der Waals surface area contributed by atoms with Crippen molar-refractivity contribution in [1.29, 1.82) is 0 Å². The van der Waals surface area contributed by atoms with Crippen molar-refractivity contribution in [3.8, 4) is 5.88 Å². The number of nitrogens with one attached hydrogen (secondary N) is 1. The Morgan fingerprint density at radius 1 is 1.42 bits per heavy atom. The number of alkyl halides is 2. The van der Waals surface area contributed by atoms with Crippen LogP contribution in [-0.2, 0) is 0 Å². The number of halogens is 2. The molecule has 1 N–H and O–H groups in total. The Morgan fingerprint density at radius 3 is 3.04 bits per heavy atom. The first kappa shape index (κ1) is 16.2. The van der Waals surface area contributed by atoms with Crippen molar-refractivity contribution in [1.82, 2.24) is 9.88 Å². The van der Waals surface area contributed by atoms with Crippen molar-refractivity contribution in [3.63, 3.8) is 0 Å². The van der Waals surface area contributed by atoms with Gasteiger partial charge < -0.3 is 14.1 Å². The van der Waals surface area contributed by atoms with Crippen LogP contribution in [-0.4, -0.2) is 35.5 Å². The van der Waals surface area contributed by atoms with E-state index in [4.69, 9.17) is 9.15 Å². The molecule has 1 aliphatic rings. The molecule has 0 spiro atoms. The molecule has 0 aliphatic carbocycles. The summed E-state index contributed by atoms with van der Waals surface area (Å²) in [5.74, 6) is 1.03. The van der Waals surface area contributed by atoms with Gasteiger partial charge in [0.2, 0.25) is 5.88 Å². The minimum Gasteiger partial charge on any atom is -0.472 e. The van der Waals surface area contributed by atoms with Gasteiger partial charge in [-0.1, -0.05) is 6.07 Å². The molecule has 1 aliphatic heterocycles. The summed E-state index contributed by atoms with van der Waals surface area (Å²) >= 11 is 0. The van der Waals surface area contributed by atoms with E-state index in [1.807, 2.05) is 6.07 Å². The van der Waals surface area contributed by atoms with Gasteiger partial charge in [0.05, 0.1) is 12.3 Å². The molecule has 0 aromatic carbocycles. The maximum absolute atomic E-state index is 12.5. The molecule has 2 aromatic heterocycles.